The summed E-state index contributed by atoms with van der Waals surface area (Å²) in [5.41, 5.74) is 0. The van der Waals surface area contributed by atoms with Crippen LogP contribution in [0.25, 0.3) is 0 Å². The largest absolute Gasteiger partial charge is 0.346 e. The van der Waals surface area contributed by atoms with Gasteiger partial charge >= 0.3 is 0 Å². The van der Waals surface area contributed by atoms with Crippen LogP contribution in [0.5, 0.6) is 0 Å². The molecule has 0 aliphatic rings. The van der Waals surface area contributed by atoms with Gasteiger partial charge in [-0.15, -0.1) is 0 Å². The standard InChI is InChI=1S/C4H11O2P.Mo/c1-2-3-4-7(5)6;/h7H,2-4H2,1H3,(H,5,6);. The normalized spacial score (nSPS) is 12.2. The molecule has 0 saturated carbocycles. The van der Waals surface area contributed by atoms with Crippen molar-refractivity contribution in [3.05, 3.63) is 0 Å². The van der Waals surface area contributed by atoms with Gasteiger partial charge in [-0.1, -0.05) is 13.3 Å². The zero-order chi connectivity index (χ0) is 5.70. The molecule has 1 atom stereocenters. The smallest absolute Gasteiger partial charge is 0.189 e. The van der Waals surface area contributed by atoms with E-state index < -0.39 is 8.03 Å². The molecule has 0 aliphatic carbocycles. The Morgan fingerprint density at radius 1 is 1.62 bits per heavy atom. The molecule has 1 N–H and O–H groups in total. The molecule has 0 aromatic rings. The molecule has 0 aromatic carbocycles. The van der Waals surface area contributed by atoms with Gasteiger partial charge in [0.1, 0.15) is 0 Å². The van der Waals surface area contributed by atoms with Gasteiger partial charge in [0.2, 0.25) is 0 Å². The van der Waals surface area contributed by atoms with Crippen LogP contribution < -0.4 is 0 Å². The van der Waals surface area contributed by atoms with Crippen molar-refractivity contribution in [1.29, 1.82) is 0 Å². The van der Waals surface area contributed by atoms with Gasteiger partial charge in [0, 0.05) is 27.2 Å². The van der Waals surface area contributed by atoms with Crippen molar-refractivity contribution < 1.29 is 30.5 Å². The molecule has 4 heteroatoms. The average Bonchev–Trinajstić information content (AvgIpc) is 1.61. The summed E-state index contributed by atoms with van der Waals surface area (Å²) in [4.78, 5) is 8.23. The van der Waals surface area contributed by atoms with Gasteiger partial charge in [-0.3, -0.25) is 4.57 Å². The summed E-state index contributed by atoms with van der Waals surface area (Å²) in [6.45, 7) is 2.00. The quantitative estimate of drug-likeness (QED) is 0.571. The zero-order valence-electron chi connectivity index (χ0n) is 4.89. The van der Waals surface area contributed by atoms with Crippen LogP contribution in [0, 0.1) is 0 Å². The maximum Gasteiger partial charge on any atom is 0.189 e. The van der Waals surface area contributed by atoms with Crippen LogP contribution in [0.15, 0.2) is 0 Å². The third-order valence-corrected chi connectivity index (χ3v) is 1.53. The molecular formula is C4H11MoO2P. The van der Waals surface area contributed by atoms with Crippen LogP contribution in [0.3, 0.4) is 0 Å². The first kappa shape index (κ1) is 11.6. The fraction of sp³-hybridized carbons (Fsp3) is 1.00. The molecule has 0 bridgehead atoms. The molecule has 8 heavy (non-hydrogen) atoms. The summed E-state index contributed by atoms with van der Waals surface area (Å²) in [5, 5.41) is 0. The Morgan fingerprint density at radius 2 is 2.12 bits per heavy atom. The van der Waals surface area contributed by atoms with E-state index in [9.17, 15) is 4.57 Å². The first-order chi connectivity index (χ1) is 3.27. The minimum absolute atomic E-state index is 0. The second kappa shape index (κ2) is 7.88. The summed E-state index contributed by atoms with van der Waals surface area (Å²) in [5.74, 6) is 0. The minimum Gasteiger partial charge on any atom is -0.346 e. The van der Waals surface area contributed by atoms with Crippen molar-refractivity contribution in [2.24, 2.45) is 0 Å². The van der Waals surface area contributed by atoms with Crippen molar-refractivity contribution in [3.8, 4) is 0 Å². The first-order valence-electron chi connectivity index (χ1n) is 2.49. The Bertz CT molecular complexity index is 67.1. The molecule has 0 radical (unpaired) electrons. The molecule has 50 valence electrons. The maximum absolute atomic E-state index is 9.94. The number of hydrogen-bond acceptors (Lipinski definition) is 1. The van der Waals surface area contributed by atoms with E-state index in [4.69, 9.17) is 4.89 Å². The van der Waals surface area contributed by atoms with E-state index in [2.05, 4.69) is 0 Å². The molecule has 1 unspecified atom stereocenters. The van der Waals surface area contributed by atoms with Gasteiger partial charge in [0.15, 0.2) is 8.03 Å². The topological polar surface area (TPSA) is 37.3 Å². The fourth-order valence-electron chi connectivity index (χ4n) is 0.328. The molecule has 0 aromatic heterocycles. The first-order valence-corrected chi connectivity index (χ1v) is 4.05. The summed E-state index contributed by atoms with van der Waals surface area (Å²) in [6.07, 6.45) is 2.40. The van der Waals surface area contributed by atoms with E-state index in [1.807, 2.05) is 6.92 Å². The second-order valence-electron chi connectivity index (χ2n) is 1.50. The molecule has 0 fully saturated rings. The minimum atomic E-state index is -2.15. The zero-order valence-corrected chi connectivity index (χ0v) is 7.89. The predicted octanol–water partition coefficient (Wildman–Crippen LogP) is 1.25. The van der Waals surface area contributed by atoms with Crippen LogP contribution in [-0.2, 0) is 25.6 Å². The Labute approximate surface area is 64.8 Å². The summed E-state index contributed by atoms with van der Waals surface area (Å²) < 4.78 is 9.94. The Morgan fingerprint density at radius 3 is 2.25 bits per heavy atom. The molecule has 0 rings (SSSR count). The third-order valence-electron chi connectivity index (χ3n) is 0.744. The fourth-order valence-corrected chi connectivity index (χ4v) is 0.984. The Kier molecular flexibility index (Phi) is 11.5. The third kappa shape index (κ3) is 9.99. The van der Waals surface area contributed by atoms with Gasteiger partial charge in [0.25, 0.3) is 0 Å². The molecule has 0 spiro atoms. The van der Waals surface area contributed by atoms with Crippen LogP contribution in [-0.4, -0.2) is 11.1 Å². The molecule has 0 saturated heterocycles. The van der Waals surface area contributed by atoms with E-state index >= 15 is 0 Å². The average molecular weight is 218 g/mol. The van der Waals surface area contributed by atoms with Crippen LogP contribution >= 0.6 is 8.03 Å². The van der Waals surface area contributed by atoms with Gasteiger partial charge in [-0.05, 0) is 6.42 Å². The van der Waals surface area contributed by atoms with Gasteiger partial charge in [-0.25, -0.2) is 0 Å². The molecule has 2 nitrogen and oxygen atoms in total. The van der Waals surface area contributed by atoms with Crippen LogP contribution in [0.1, 0.15) is 19.8 Å². The molecule has 0 aliphatic heterocycles. The van der Waals surface area contributed by atoms with Crippen LogP contribution in [0.4, 0.5) is 0 Å². The molecule has 0 heterocycles. The van der Waals surface area contributed by atoms with Crippen molar-refractivity contribution in [1.82, 2.24) is 0 Å². The van der Waals surface area contributed by atoms with Gasteiger partial charge < -0.3 is 4.89 Å². The van der Waals surface area contributed by atoms with E-state index in [1.54, 1.807) is 0 Å². The summed E-state index contributed by atoms with van der Waals surface area (Å²) >= 11 is 0. The predicted molar refractivity (Wildman–Crippen MR) is 31.0 cm³/mol. The summed E-state index contributed by atoms with van der Waals surface area (Å²) in [7, 11) is -2.15. The van der Waals surface area contributed by atoms with E-state index in [-0.39, 0.29) is 21.1 Å². The number of rotatable bonds is 3. The van der Waals surface area contributed by atoms with Crippen molar-refractivity contribution in [3.63, 3.8) is 0 Å². The Hall–Kier alpha value is 0.878. The van der Waals surface area contributed by atoms with E-state index in [0.717, 1.165) is 12.8 Å². The Balaban J connectivity index is 0. The summed E-state index contributed by atoms with van der Waals surface area (Å²) in [6, 6.07) is 0. The molecule has 0 amide bonds. The van der Waals surface area contributed by atoms with Crippen LogP contribution in [0.2, 0.25) is 0 Å². The van der Waals surface area contributed by atoms with Gasteiger partial charge in [0.05, 0.1) is 0 Å². The maximum atomic E-state index is 9.94. The van der Waals surface area contributed by atoms with Gasteiger partial charge in [-0.2, -0.15) is 0 Å². The second-order valence-corrected chi connectivity index (χ2v) is 2.78. The van der Waals surface area contributed by atoms with Crippen molar-refractivity contribution in [2.45, 2.75) is 19.8 Å². The SMILES string of the molecule is CCCC[PH](=O)O.[Mo]. The number of unbranched alkanes of at least 4 members (excludes halogenated alkanes) is 1. The monoisotopic (exact) mass is 220 g/mol. The van der Waals surface area contributed by atoms with E-state index in [1.165, 1.54) is 0 Å². The van der Waals surface area contributed by atoms with E-state index in [0.29, 0.717) is 6.16 Å². The number of hydrogen-bond donors (Lipinski definition) is 1. The van der Waals surface area contributed by atoms with Crippen molar-refractivity contribution in [2.75, 3.05) is 6.16 Å². The van der Waals surface area contributed by atoms with Crippen molar-refractivity contribution >= 4 is 8.03 Å². The molecular weight excluding hydrogens is 207 g/mol.